The van der Waals surface area contributed by atoms with Crippen LogP contribution in [0.2, 0.25) is 0 Å². The van der Waals surface area contributed by atoms with Gasteiger partial charge in [-0.3, -0.25) is 14.9 Å². The molecule has 1 aromatic rings. The standard InChI is InChI=1S/C9H9BrN2O4/c10-8-5(6(4-11)9(13)14)2-1-3-7(8)12(15)16/h1-3,6H,4,11H2,(H,13,14). The van der Waals surface area contributed by atoms with Gasteiger partial charge in [0.25, 0.3) is 5.69 Å². The summed E-state index contributed by atoms with van der Waals surface area (Å²) in [6, 6.07) is 4.23. The minimum absolute atomic E-state index is 0.116. The van der Waals surface area contributed by atoms with Crippen LogP contribution in [0.1, 0.15) is 11.5 Å². The van der Waals surface area contributed by atoms with Gasteiger partial charge in [-0.25, -0.2) is 0 Å². The summed E-state index contributed by atoms with van der Waals surface area (Å²) in [4.78, 5) is 21.0. The van der Waals surface area contributed by atoms with E-state index >= 15 is 0 Å². The Morgan fingerprint density at radius 1 is 1.62 bits per heavy atom. The van der Waals surface area contributed by atoms with Crippen LogP contribution in [-0.4, -0.2) is 22.5 Å². The van der Waals surface area contributed by atoms with E-state index in [0.717, 1.165) is 0 Å². The highest BCUT2D eigenvalue weighted by atomic mass is 79.9. The lowest BCUT2D eigenvalue weighted by Gasteiger charge is -2.11. The predicted molar refractivity (Wildman–Crippen MR) is 60.2 cm³/mol. The van der Waals surface area contributed by atoms with Gasteiger partial charge in [0.2, 0.25) is 0 Å². The molecule has 16 heavy (non-hydrogen) atoms. The molecule has 3 N–H and O–H groups in total. The number of benzene rings is 1. The maximum Gasteiger partial charge on any atom is 0.312 e. The summed E-state index contributed by atoms with van der Waals surface area (Å²) >= 11 is 3.03. The van der Waals surface area contributed by atoms with Crippen LogP contribution in [0.5, 0.6) is 0 Å². The molecule has 0 aliphatic rings. The van der Waals surface area contributed by atoms with Crippen molar-refractivity contribution >= 4 is 27.6 Å². The zero-order valence-corrected chi connectivity index (χ0v) is 9.68. The molecule has 0 fully saturated rings. The van der Waals surface area contributed by atoms with Crippen LogP contribution in [-0.2, 0) is 4.79 Å². The molecule has 0 saturated carbocycles. The summed E-state index contributed by atoms with van der Waals surface area (Å²) in [6.45, 7) is -0.116. The Hall–Kier alpha value is -1.47. The molecule has 0 amide bonds. The third-order valence-electron chi connectivity index (χ3n) is 2.11. The maximum absolute atomic E-state index is 10.9. The number of hydrogen-bond donors (Lipinski definition) is 2. The summed E-state index contributed by atoms with van der Waals surface area (Å²) in [5.41, 5.74) is 5.47. The quantitative estimate of drug-likeness (QED) is 0.645. The van der Waals surface area contributed by atoms with Gasteiger partial charge in [-0.2, -0.15) is 0 Å². The van der Waals surface area contributed by atoms with Crippen molar-refractivity contribution in [1.29, 1.82) is 0 Å². The second-order valence-corrected chi connectivity index (χ2v) is 3.86. The van der Waals surface area contributed by atoms with Crippen LogP contribution in [0.25, 0.3) is 0 Å². The minimum atomic E-state index is -1.11. The van der Waals surface area contributed by atoms with E-state index in [1.165, 1.54) is 18.2 Å². The molecule has 86 valence electrons. The molecule has 0 radical (unpaired) electrons. The normalized spacial score (nSPS) is 12.1. The Bertz CT molecular complexity index is 436. The molecule has 1 atom stereocenters. The first-order valence-corrected chi connectivity index (χ1v) is 5.14. The second kappa shape index (κ2) is 5.04. The molecule has 6 nitrogen and oxygen atoms in total. The number of halogens is 1. The molecule has 1 aromatic carbocycles. The summed E-state index contributed by atoms with van der Waals surface area (Å²) in [5, 5.41) is 19.6. The largest absolute Gasteiger partial charge is 0.481 e. The molecule has 0 heterocycles. The van der Waals surface area contributed by atoms with Crippen molar-refractivity contribution in [3.8, 4) is 0 Å². The zero-order valence-electron chi connectivity index (χ0n) is 8.09. The number of hydrogen-bond acceptors (Lipinski definition) is 4. The Balaban J connectivity index is 3.29. The van der Waals surface area contributed by atoms with Crippen LogP contribution >= 0.6 is 15.9 Å². The van der Waals surface area contributed by atoms with Gasteiger partial charge in [0.15, 0.2) is 0 Å². The Labute approximate surface area is 99.3 Å². The summed E-state index contributed by atoms with van der Waals surface area (Å²) in [6.07, 6.45) is 0. The van der Waals surface area contributed by atoms with Crippen LogP contribution in [0.3, 0.4) is 0 Å². The Kier molecular flexibility index (Phi) is 3.97. The first-order chi connectivity index (χ1) is 7.49. The van der Waals surface area contributed by atoms with Crippen LogP contribution in [0.4, 0.5) is 5.69 Å². The molecule has 1 rings (SSSR count). The molecule has 0 spiro atoms. The number of aliphatic carboxylic acids is 1. The third-order valence-corrected chi connectivity index (χ3v) is 2.98. The van der Waals surface area contributed by atoms with E-state index in [9.17, 15) is 14.9 Å². The Morgan fingerprint density at radius 3 is 2.69 bits per heavy atom. The lowest BCUT2D eigenvalue weighted by atomic mass is 9.99. The van der Waals surface area contributed by atoms with E-state index in [1.54, 1.807) is 0 Å². The van der Waals surface area contributed by atoms with E-state index in [4.69, 9.17) is 10.8 Å². The first-order valence-electron chi connectivity index (χ1n) is 4.34. The number of carboxylic acids is 1. The summed E-state index contributed by atoms with van der Waals surface area (Å²) in [7, 11) is 0. The summed E-state index contributed by atoms with van der Waals surface area (Å²) in [5.74, 6) is -2.06. The molecule has 0 aliphatic carbocycles. The molecule has 7 heteroatoms. The van der Waals surface area contributed by atoms with Crippen LogP contribution in [0.15, 0.2) is 22.7 Å². The monoisotopic (exact) mass is 288 g/mol. The molecule has 0 aromatic heterocycles. The molecule has 0 aliphatic heterocycles. The number of nitrogens with zero attached hydrogens (tertiary/aromatic N) is 1. The van der Waals surface area contributed by atoms with Gasteiger partial charge in [-0.05, 0) is 21.5 Å². The average Bonchev–Trinajstić information content (AvgIpc) is 2.20. The highest BCUT2D eigenvalue weighted by Crippen LogP contribution is 2.32. The minimum Gasteiger partial charge on any atom is -0.481 e. The fourth-order valence-corrected chi connectivity index (χ4v) is 1.99. The first kappa shape index (κ1) is 12.6. The smallest absolute Gasteiger partial charge is 0.312 e. The molecule has 0 saturated heterocycles. The number of carbonyl (C=O) groups is 1. The van der Waals surface area contributed by atoms with Gasteiger partial charge in [-0.1, -0.05) is 12.1 Å². The van der Waals surface area contributed by atoms with Crippen molar-refractivity contribution in [2.45, 2.75) is 5.92 Å². The Morgan fingerprint density at radius 2 is 2.25 bits per heavy atom. The van der Waals surface area contributed by atoms with Crippen molar-refractivity contribution in [1.82, 2.24) is 0 Å². The lowest BCUT2D eigenvalue weighted by Crippen LogP contribution is -2.21. The maximum atomic E-state index is 10.9. The number of carboxylic acid groups (broad SMARTS) is 1. The fraction of sp³-hybridized carbons (Fsp3) is 0.222. The summed E-state index contributed by atoms with van der Waals surface area (Å²) < 4.78 is 0.165. The van der Waals surface area contributed by atoms with Crippen molar-refractivity contribution in [3.05, 3.63) is 38.3 Å². The van der Waals surface area contributed by atoms with E-state index < -0.39 is 16.8 Å². The van der Waals surface area contributed by atoms with Gasteiger partial charge in [0.05, 0.1) is 15.3 Å². The SMILES string of the molecule is NCC(C(=O)O)c1cccc([N+](=O)[O-])c1Br. The number of nitro benzene ring substituents is 1. The molecule has 1 unspecified atom stereocenters. The van der Waals surface area contributed by atoms with Crippen LogP contribution < -0.4 is 5.73 Å². The van der Waals surface area contributed by atoms with Crippen LogP contribution in [0, 0.1) is 10.1 Å². The number of nitro groups is 1. The number of rotatable bonds is 4. The average molecular weight is 289 g/mol. The zero-order chi connectivity index (χ0) is 12.3. The lowest BCUT2D eigenvalue weighted by molar-refractivity contribution is -0.385. The van der Waals surface area contributed by atoms with Gasteiger partial charge < -0.3 is 10.8 Å². The van der Waals surface area contributed by atoms with Gasteiger partial charge in [0.1, 0.15) is 0 Å². The highest BCUT2D eigenvalue weighted by molar-refractivity contribution is 9.10. The fourth-order valence-electron chi connectivity index (χ4n) is 1.31. The van der Waals surface area contributed by atoms with Crippen molar-refractivity contribution < 1.29 is 14.8 Å². The van der Waals surface area contributed by atoms with Crippen molar-refractivity contribution in [2.24, 2.45) is 5.73 Å². The van der Waals surface area contributed by atoms with E-state index in [1.807, 2.05) is 0 Å². The van der Waals surface area contributed by atoms with E-state index in [2.05, 4.69) is 15.9 Å². The molecular weight excluding hydrogens is 280 g/mol. The molecular formula is C9H9BrN2O4. The van der Waals surface area contributed by atoms with Gasteiger partial charge >= 0.3 is 5.97 Å². The van der Waals surface area contributed by atoms with E-state index in [0.29, 0.717) is 5.56 Å². The van der Waals surface area contributed by atoms with Gasteiger partial charge in [0, 0.05) is 12.6 Å². The molecule has 0 bridgehead atoms. The third kappa shape index (κ3) is 2.37. The van der Waals surface area contributed by atoms with Gasteiger partial charge in [-0.15, -0.1) is 0 Å². The number of nitrogens with two attached hydrogens (primary N) is 1. The van der Waals surface area contributed by atoms with Crippen molar-refractivity contribution in [3.63, 3.8) is 0 Å². The predicted octanol–water partition coefficient (Wildman–Crippen LogP) is 1.48. The highest BCUT2D eigenvalue weighted by Gasteiger charge is 2.24. The second-order valence-electron chi connectivity index (χ2n) is 3.06. The van der Waals surface area contributed by atoms with E-state index in [-0.39, 0.29) is 16.7 Å². The van der Waals surface area contributed by atoms with Crippen molar-refractivity contribution in [2.75, 3.05) is 6.54 Å². The topological polar surface area (TPSA) is 106 Å².